The van der Waals surface area contributed by atoms with Gasteiger partial charge in [-0.3, -0.25) is 0 Å². The zero-order valence-corrected chi connectivity index (χ0v) is 15.2. The van der Waals surface area contributed by atoms with Gasteiger partial charge in [0.05, 0.1) is 19.7 Å². The summed E-state index contributed by atoms with van der Waals surface area (Å²) >= 11 is 0. The summed E-state index contributed by atoms with van der Waals surface area (Å²) in [7, 11) is 1.68. The van der Waals surface area contributed by atoms with Crippen LogP contribution in [0.4, 0.5) is 0 Å². The lowest BCUT2D eigenvalue weighted by Crippen LogP contribution is -2.21. The number of aromatic nitrogens is 3. The standard InChI is InChI=1S/C19H24N4O2/c1-11-16-9-15(24-4)7-8-17(16)25-19(11)12(2)20-10-18-22-21-13(3)23(18)14-5-6-14/h7-9,12,14,20H,5-6,10H2,1-4H3/t12-/m0/s1. The number of aryl methyl sites for hydroxylation is 2. The molecule has 0 amide bonds. The lowest BCUT2D eigenvalue weighted by molar-refractivity contribution is 0.415. The summed E-state index contributed by atoms with van der Waals surface area (Å²) in [5, 5.41) is 13.2. The van der Waals surface area contributed by atoms with Gasteiger partial charge in [-0.1, -0.05) is 0 Å². The van der Waals surface area contributed by atoms with Gasteiger partial charge in [0.1, 0.15) is 28.7 Å². The normalized spacial score (nSPS) is 15.7. The SMILES string of the molecule is COc1ccc2oc([C@H](C)NCc3nnc(C)n3C3CC3)c(C)c2c1. The third-order valence-electron chi connectivity index (χ3n) is 4.99. The van der Waals surface area contributed by atoms with Crippen LogP contribution < -0.4 is 10.1 Å². The molecular weight excluding hydrogens is 316 g/mol. The van der Waals surface area contributed by atoms with Crippen LogP contribution in [0.25, 0.3) is 11.0 Å². The molecule has 0 aliphatic heterocycles. The molecule has 132 valence electrons. The van der Waals surface area contributed by atoms with E-state index in [-0.39, 0.29) is 6.04 Å². The highest BCUT2D eigenvalue weighted by atomic mass is 16.5. The molecule has 2 aromatic heterocycles. The van der Waals surface area contributed by atoms with Crippen LogP contribution in [-0.4, -0.2) is 21.9 Å². The molecule has 1 aliphatic carbocycles. The first-order valence-electron chi connectivity index (χ1n) is 8.79. The first kappa shape index (κ1) is 16.1. The predicted molar refractivity (Wildman–Crippen MR) is 95.8 cm³/mol. The van der Waals surface area contributed by atoms with Crippen molar-refractivity contribution in [2.45, 2.75) is 52.2 Å². The maximum absolute atomic E-state index is 6.08. The Bertz CT molecular complexity index is 908. The van der Waals surface area contributed by atoms with E-state index in [9.17, 15) is 0 Å². The van der Waals surface area contributed by atoms with Gasteiger partial charge < -0.3 is 19.0 Å². The van der Waals surface area contributed by atoms with E-state index < -0.39 is 0 Å². The Labute approximate surface area is 147 Å². The fraction of sp³-hybridized carbons (Fsp3) is 0.474. The molecular formula is C19H24N4O2. The van der Waals surface area contributed by atoms with E-state index >= 15 is 0 Å². The molecule has 1 fully saturated rings. The fourth-order valence-corrected chi connectivity index (χ4v) is 3.44. The summed E-state index contributed by atoms with van der Waals surface area (Å²) in [4.78, 5) is 0. The molecule has 0 bridgehead atoms. The van der Waals surface area contributed by atoms with Crippen LogP contribution in [-0.2, 0) is 6.54 Å². The maximum Gasteiger partial charge on any atom is 0.147 e. The quantitative estimate of drug-likeness (QED) is 0.739. The molecule has 0 spiro atoms. The van der Waals surface area contributed by atoms with Crippen molar-refractivity contribution in [2.24, 2.45) is 0 Å². The van der Waals surface area contributed by atoms with Crippen LogP contribution in [0.1, 0.15) is 54.8 Å². The van der Waals surface area contributed by atoms with E-state index in [1.807, 2.05) is 25.1 Å². The third-order valence-corrected chi connectivity index (χ3v) is 4.99. The van der Waals surface area contributed by atoms with Crippen molar-refractivity contribution in [1.29, 1.82) is 0 Å². The van der Waals surface area contributed by atoms with E-state index in [2.05, 4.69) is 33.9 Å². The Morgan fingerprint density at radius 3 is 2.84 bits per heavy atom. The van der Waals surface area contributed by atoms with Gasteiger partial charge in [-0.15, -0.1) is 10.2 Å². The average molecular weight is 340 g/mol. The number of hydrogen-bond acceptors (Lipinski definition) is 5. The lowest BCUT2D eigenvalue weighted by Gasteiger charge is -2.13. The Kier molecular flexibility index (Phi) is 4.00. The van der Waals surface area contributed by atoms with Gasteiger partial charge in [0.15, 0.2) is 0 Å². The smallest absolute Gasteiger partial charge is 0.147 e. The second kappa shape index (κ2) is 6.19. The van der Waals surface area contributed by atoms with Crippen molar-refractivity contribution in [3.63, 3.8) is 0 Å². The van der Waals surface area contributed by atoms with Gasteiger partial charge in [0, 0.05) is 17.0 Å². The number of nitrogens with one attached hydrogen (secondary N) is 1. The minimum Gasteiger partial charge on any atom is -0.497 e. The summed E-state index contributed by atoms with van der Waals surface area (Å²) in [5.41, 5.74) is 2.03. The average Bonchev–Trinajstić information content (AvgIpc) is 3.31. The minimum absolute atomic E-state index is 0.0862. The minimum atomic E-state index is 0.0862. The molecule has 0 unspecified atom stereocenters. The van der Waals surface area contributed by atoms with Gasteiger partial charge >= 0.3 is 0 Å². The molecule has 3 aromatic rings. The number of nitrogens with zero attached hydrogens (tertiary/aromatic N) is 3. The van der Waals surface area contributed by atoms with Crippen molar-refractivity contribution < 1.29 is 9.15 Å². The summed E-state index contributed by atoms with van der Waals surface area (Å²) in [6.45, 7) is 6.91. The highest BCUT2D eigenvalue weighted by Crippen LogP contribution is 2.36. The lowest BCUT2D eigenvalue weighted by atomic mass is 10.1. The van der Waals surface area contributed by atoms with E-state index in [0.717, 1.165) is 39.7 Å². The molecule has 1 saturated carbocycles. The molecule has 1 N–H and O–H groups in total. The number of benzene rings is 1. The Morgan fingerprint density at radius 1 is 1.32 bits per heavy atom. The Balaban J connectivity index is 1.54. The van der Waals surface area contributed by atoms with Crippen molar-refractivity contribution in [3.05, 3.63) is 41.2 Å². The largest absolute Gasteiger partial charge is 0.497 e. The van der Waals surface area contributed by atoms with Crippen LogP contribution in [0, 0.1) is 13.8 Å². The van der Waals surface area contributed by atoms with Gasteiger partial charge in [0.2, 0.25) is 0 Å². The Hall–Kier alpha value is -2.34. The van der Waals surface area contributed by atoms with Crippen LogP contribution in [0.3, 0.4) is 0 Å². The van der Waals surface area contributed by atoms with Crippen molar-refractivity contribution >= 4 is 11.0 Å². The number of ether oxygens (including phenoxy) is 1. The molecule has 25 heavy (non-hydrogen) atoms. The fourth-order valence-electron chi connectivity index (χ4n) is 3.44. The zero-order valence-electron chi connectivity index (χ0n) is 15.2. The molecule has 1 aromatic carbocycles. The van der Waals surface area contributed by atoms with Crippen LogP contribution in [0.2, 0.25) is 0 Å². The van der Waals surface area contributed by atoms with Crippen LogP contribution >= 0.6 is 0 Å². The predicted octanol–water partition coefficient (Wildman–Crippen LogP) is 3.84. The number of fused-ring (bicyclic) bond motifs is 1. The van der Waals surface area contributed by atoms with Gasteiger partial charge in [-0.25, -0.2) is 0 Å². The highest BCUT2D eigenvalue weighted by Gasteiger charge is 2.28. The first-order chi connectivity index (χ1) is 12.1. The molecule has 0 radical (unpaired) electrons. The summed E-state index contributed by atoms with van der Waals surface area (Å²) in [6.07, 6.45) is 2.46. The van der Waals surface area contributed by atoms with Gasteiger partial charge in [0.25, 0.3) is 0 Å². The number of rotatable bonds is 6. The number of methoxy groups -OCH3 is 1. The first-order valence-corrected chi connectivity index (χ1v) is 8.79. The van der Waals surface area contributed by atoms with E-state index in [0.29, 0.717) is 12.6 Å². The summed E-state index contributed by atoms with van der Waals surface area (Å²) < 4.78 is 13.7. The maximum atomic E-state index is 6.08. The molecule has 2 heterocycles. The molecule has 6 heteroatoms. The molecule has 6 nitrogen and oxygen atoms in total. The van der Waals surface area contributed by atoms with Crippen LogP contribution in [0.15, 0.2) is 22.6 Å². The van der Waals surface area contributed by atoms with Gasteiger partial charge in [-0.2, -0.15) is 0 Å². The summed E-state index contributed by atoms with van der Waals surface area (Å²) in [6, 6.07) is 6.58. The number of hydrogen-bond donors (Lipinski definition) is 1. The molecule has 1 aliphatic rings. The number of furan rings is 1. The van der Waals surface area contributed by atoms with Crippen LogP contribution in [0.5, 0.6) is 5.75 Å². The monoisotopic (exact) mass is 340 g/mol. The van der Waals surface area contributed by atoms with Crippen molar-refractivity contribution in [3.8, 4) is 5.75 Å². The third kappa shape index (κ3) is 2.91. The molecule has 4 rings (SSSR count). The van der Waals surface area contributed by atoms with E-state index in [1.54, 1.807) is 7.11 Å². The summed E-state index contributed by atoms with van der Waals surface area (Å²) in [5.74, 6) is 3.80. The second-order valence-corrected chi connectivity index (χ2v) is 6.82. The van der Waals surface area contributed by atoms with E-state index in [1.165, 1.54) is 12.8 Å². The molecule has 0 saturated heterocycles. The van der Waals surface area contributed by atoms with Crippen molar-refractivity contribution in [2.75, 3.05) is 7.11 Å². The topological polar surface area (TPSA) is 65.1 Å². The van der Waals surface area contributed by atoms with Crippen molar-refractivity contribution in [1.82, 2.24) is 20.1 Å². The highest BCUT2D eigenvalue weighted by molar-refractivity contribution is 5.83. The molecule has 1 atom stereocenters. The Morgan fingerprint density at radius 2 is 2.12 bits per heavy atom. The van der Waals surface area contributed by atoms with Gasteiger partial charge in [-0.05, 0) is 51.8 Å². The van der Waals surface area contributed by atoms with E-state index in [4.69, 9.17) is 9.15 Å². The second-order valence-electron chi connectivity index (χ2n) is 6.82. The zero-order chi connectivity index (χ0) is 17.6.